The third kappa shape index (κ3) is 4.72. The molecule has 0 heterocycles. The SMILES string of the molecule is COc1ccc(S(=O)(=O)N/N=C\c2cc([N+](=O)[O-])cc([N+](=O)[O-])c2O)c(OC)c1OC. The second kappa shape index (κ2) is 9.12. The number of benzene rings is 2. The fourth-order valence-corrected chi connectivity index (χ4v) is 3.43. The second-order valence-electron chi connectivity index (χ2n) is 5.60. The van der Waals surface area contributed by atoms with Crippen LogP contribution in [0.5, 0.6) is 23.0 Å². The van der Waals surface area contributed by atoms with E-state index in [2.05, 4.69) is 5.10 Å². The van der Waals surface area contributed by atoms with Crippen molar-refractivity contribution in [2.75, 3.05) is 21.3 Å². The molecule has 0 saturated heterocycles. The molecule has 0 radical (unpaired) electrons. The van der Waals surface area contributed by atoms with Gasteiger partial charge in [-0.1, -0.05) is 0 Å². The van der Waals surface area contributed by atoms with Gasteiger partial charge in [-0.3, -0.25) is 20.2 Å². The Morgan fingerprint density at radius 3 is 2.19 bits per heavy atom. The Balaban J connectivity index is 2.45. The molecule has 0 fully saturated rings. The molecule has 0 bridgehead atoms. The molecule has 0 amide bonds. The number of non-ortho nitro benzene ring substituents is 1. The van der Waals surface area contributed by atoms with Crippen LogP contribution in [0.1, 0.15) is 5.56 Å². The Labute approximate surface area is 175 Å². The van der Waals surface area contributed by atoms with E-state index >= 15 is 0 Å². The number of nitro groups is 2. The molecule has 0 aliphatic heterocycles. The van der Waals surface area contributed by atoms with Gasteiger partial charge in [0.2, 0.25) is 11.5 Å². The van der Waals surface area contributed by atoms with Crippen molar-refractivity contribution in [1.82, 2.24) is 4.83 Å². The van der Waals surface area contributed by atoms with Gasteiger partial charge in [-0.25, -0.2) is 0 Å². The summed E-state index contributed by atoms with van der Waals surface area (Å²) in [5.74, 6) is -0.903. The first kappa shape index (κ1) is 23.1. The van der Waals surface area contributed by atoms with Crippen LogP contribution in [-0.4, -0.2) is 50.9 Å². The number of phenols is 1. The average Bonchev–Trinajstić information content (AvgIpc) is 2.72. The van der Waals surface area contributed by atoms with Gasteiger partial charge in [0.15, 0.2) is 11.5 Å². The van der Waals surface area contributed by atoms with Crippen LogP contribution < -0.4 is 19.0 Å². The van der Waals surface area contributed by atoms with E-state index < -0.39 is 42.6 Å². The molecule has 0 unspecified atom stereocenters. The van der Waals surface area contributed by atoms with E-state index in [0.29, 0.717) is 12.3 Å². The van der Waals surface area contributed by atoms with Crippen LogP contribution in [0.4, 0.5) is 11.4 Å². The molecule has 2 aromatic carbocycles. The lowest BCUT2D eigenvalue weighted by molar-refractivity contribution is -0.394. The molecule has 2 aromatic rings. The zero-order valence-corrected chi connectivity index (χ0v) is 17.1. The van der Waals surface area contributed by atoms with E-state index in [1.54, 1.807) is 0 Å². The number of nitrogens with zero attached hydrogens (tertiary/aromatic N) is 3. The van der Waals surface area contributed by atoms with Gasteiger partial charge in [-0.15, -0.1) is 0 Å². The van der Waals surface area contributed by atoms with Crippen LogP contribution in [0.15, 0.2) is 34.3 Å². The van der Waals surface area contributed by atoms with Crippen LogP contribution >= 0.6 is 0 Å². The minimum atomic E-state index is -4.35. The summed E-state index contributed by atoms with van der Waals surface area (Å²) >= 11 is 0. The highest BCUT2D eigenvalue weighted by Crippen LogP contribution is 2.41. The number of sulfonamides is 1. The highest BCUT2D eigenvalue weighted by atomic mass is 32.2. The summed E-state index contributed by atoms with van der Waals surface area (Å²) in [4.78, 5) is 21.4. The number of hydrogen-bond acceptors (Lipinski definition) is 11. The molecular formula is C16H16N4O10S. The van der Waals surface area contributed by atoms with Gasteiger partial charge >= 0.3 is 5.69 Å². The van der Waals surface area contributed by atoms with Crippen molar-refractivity contribution in [3.63, 3.8) is 0 Å². The van der Waals surface area contributed by atoms with Gasteiger partial charge in [0, 0.05) is 6.07 Å². The van der Waals surface area contributed by atoms with Crippen LogP contribution in [0.2, 0.25) is 0 Å². The Bertz CT molecular complexity index is 1160. The van der Waals surface area contributed by atoms with Crippen molar-refractivity contribution in [2.24, 2.45) is 5.10 Å². The van der Waals surface area contributed by atoms with Crippen molar-refractivity contribution in [3.8, 4) is 23.0 Å². The molecule has 15 heteroatoms. The fourth-order valence-electron chi connectivity index (χ4n) is 2.47. The molecule has 0 aliphatic carbocycles. The minimum absolute atomic E-state index is 0.00353. The van der Waals surface area contributed by atoms with Crippen LogP contribution in [-0.2, 0) is 10.0 Å². The van der Waals surface area contributed by atoms with Crippen LogP contribution in [0, 0.1) is 20.2 Å². The molecule has 166 valence electrons. The van der Waals surface area contributed by atoms with E-state index in [9.17, 15) is 33.8 Å². The number of ether oxygens (including phenoxy) is 3. The molecule has 0 aromatic heterocycles. The van der Waals surface area contributed by atoms with E-state index in [-0.39, 0.29) is 22.1 Å². The van der Waals surface area contributed by atoms with Gasteiger partial charge in [-0.05, 0) is 12.1 Å². The lowest BCUT2D eigenvalue weighted by Crippen LogP contribution is -2.19. The maximum absolute atomic E-state index is 12.6. The van der Waals surface area contributed by atoms with Crippen LogP contribution in [0.25, 0.3) is 0 Å². The summed E-state index contributed by atoms with van der Waals surface area (Å²) in [5, 5.41) is 35.3. The molecule has 0 saturated carbocycles. The molecule has 31 heavy (non-hydrogen) atoms. The van der Waals surface area contributed by atoms with Gasteiger partial charge in [0.05, 0.1) is 49.0 Å². The molecular weight excluding hydrogens is 440 g/mol. The maximum atomic E-state index is 12.6. The summed E-state index contributed by atoms with van der Waals surface area (Å²) in [6, 6.07) is 3.82. The quantitative estimate of drug-likeness (QED) is 0.317. The maximum Gasteiger partial charge on any atom is 0.318 e. The first-order valence-electron chi connectivity index (χ1n) is 8.07. The van der Waals surface area contributed by atoms with E-state index in [1.165, 1.54) is 27.4 Å². The largest absolute Gasteiger partial charge is 0.502 e. The first-order chi connectivity index (χ1) is 14.6. The minimum Gasteiger partial charge on any atom is -0.502 e. The third-order valence-corrected chi connectivity index (χ3v) is 5.09. The molecule has 14 nitrogen and oxygen atoms in total. The zero-order valence-electron chi connectivity index (χ0n) is 16.3. The monoisotopic (exact) mass is 456 g/mol. The number of methoxy groups -OCH3 is 3. The number of nitrogens with one attached hydrogen (secondary N) is 1. The Kier molecular flexibility index (Phi) is 6.81. The van der Waals surface area contributed by atoms with E-state index in [1.807, 2.05) is 4.83 Å². The highest BCUT2D eigenvalue weighted by Gasteiger charge is 2.26. The molecule has 2 N–H and O–H groups in total. The van der Waals surface area contributed by atoms with Gasteiger partial charge in [-0.2, -0.15) is 18.4 Å². The van der Waals surface area contributed by atoms with Gasteiger partial charge in [0.1, 0.15) is 4.90 Å². The van der Waals surface area contributed by atoms with Gasteiger partial charge < -0.3 is 19.3 Å². The number of aromatic hydroxyl groups is 1. The van der Waals surface area contributed by atoms with E-state index in [4.69, 9.17) is 14.2 Å². The van der Waals surface area contributed by atoms with Crippen molar-refractivity contribution in [1.29, 1.82) is 0 Å². The van der Waals surface area contributed by atoms with Crippen molar-refractivity contribution < 1.29 is 37.6 Å². The molecule has 0 spiro atoms. The Hall–Kier alpha value is -4.14. The summed E-state index contributed by atoms with van der Waals surface area (Å²) in [6.45, 7) is 0. The van der Waals surface area contributed by atoms with Crippen molar-refractivity contribution in [3.05, 3.63) is 50.1 Å². The number of nitro benzene ring substituents is 2. The number of phenolic OH excluding ortho intramolecular Hbond substituents is 1. The third-order valence-electron chi connectivity index (χ3n) is 3.85. The zero-order chi connectivity index (χ0) is 23.3. The summed E-state index contributed by atoms with van der Waals surface area (Å²) in [5.41, 5.74) is -2.10. The average molecular weight is 456 g/mol. The number of hydrogen-bond donors (Lipinski definition) is 2. The molecule has 2 rings (SSSR count). The lowest BCUT2D eigenvalue weighted by atomic mass is 10.1. The van der Waals surface area contributed by atoms with Gasteiger partial charge in [0.25, 0.3) is 15.7 Å². The van der Waals surface area contributed by atoms with E-state index in [0.717, 1.165) is 12.1 Å². The predicted molar refractivity (Wildman–Crippen MR) is 105 cm³/mol. The smallest absolute Gasteiger partial charge is 0.318 e. The van der Waals surface area contributed by atoms with Crippen molar-refractivity contribution >= 4 is 27.6 Å². The summed E-state index contributed by atoms with van der Waals surface area (Å²) < 4.78 is 40.5. The first-order valence-corrected chi connectivity index (χ1v) is 9.55. The highest BCUT2D eigenvalue weighted by molar-refractivity contribution is 7.89. The standard InChI is InChI=1S/C16H16N4O10S/c1-28-12-4-5-13(16(30-3)15(12)29-2)31(26,27)18-17-8-9-6-10(19(22)23)7-11(14(9)21)20(24)25/h4-8,18,21H,1-3H3/b17-8-. The summed E-state index contributed by atoms with van der Waals surface area (Å²) in [6.07, 6.45) is 0.681. The Morgan fingerprint density at radius 1 is 1.03 bits per heavy atom. The molecule has 0 atom stereocenters. The Morgan fingerprint density at radius 2 is 1.68 bits per heavy atom. The van der Waals surface area contributed by atoms with Crippen LogP contribution in [0.3, 0.4) is 0 Å². The predicted octanol–water partition coefficient (Wildman–Crippen LogP) is 1.55. The normalized spacial score (nSPS) is 11.2. The number of hydrazone groups is 1. The molecule has 0 aliphatic rings. The fraction of sp³-hybridized carbons (Fsp3) is 0.188. The topological polar surface area (TPSA) is 193 Å². The number of rotatable bonds is 9. The van der Waals surface area contributed by atoms with Crippen molar-refractivity contribution in [2.45, 2.75) is 4.90 Å². The lowest BCUT2D eigenvalue weighted by Gasteiger charge is -2.15. The summed E-state index contributed by atoms with van der Waals surface area (Å²) in [7, 11) is -0.522. The second-order valence-corrected chi connectivity index (χ2v) is 7.23.